The molecule has 0 aliphatic carbocycles. The Kier molecular flexibility index (Phi) is 9.77. The number of anilines is 1. The summed E-state index contributed by atoms with van der Waals surface area (Å²) >= 11 is 0. The van der Waals surface area contributed by atoms with Crippen molar-refractivity contribution in [3.05, 3.63) is 65.2 Å². The van der Waals surface area contributed by atoms with Gasteiger partial charge in [-0.05, 0) is 48.7 Å². The average molecular weight is 535 g/mol. The fourth-order valence-corrected chi connectivity index (χ4v) is 3.39. The van der Waals surface area contributed by atoms with Crippen LogP contribution >= 0.6 is 24.0 Å². The zero-order chi connectivity index (χ0) is 21.3. The summed E-state index contributed by atoms with van der Waals surface area (Å²) in [5.74, 6) is 0.805. The van der Waals surface area contributed by atoms with Gasteiger partial charge in [-0.15, -0.1) is 24.0 Å². The van der Waals surface area contributed by atoms with E-state index in [0.29, 0.717) is 37.6 Å². The molecule has 0 bridgehead atoms. The summed E-state index contributed by atoms with van der Waals surface area (Å²) in [7, 11) is 1.72. The summed E-state index contributed by atoms with van der Waals surface area (Å²) in [6.07, 6.45) is 1.56. The van der Waals surface area contributed by atoms with Gasteiger partial charge in [-0.3, -0.25) is 14.6 Å². The van der Waals surface area contributed by atoms with Crippen molar-refractivity contribution in [2.45, 2.75) is 32.9 Å². The molecule has 3 N–H and O–H groups in total. The van der Waals surface area contributed by atoms with Crippen molar-refractivity contribution < 1.29 is 9.59 Å². The lowest BCUT2D eigenvalue weighted by Crippen LogP contribution is -2.36. The van der Waals surface area contributed by atoms with Crippen molar-refractivity contribution in [2.75, 3.05) is 25.0 Å². The first-order chi connectivity index (χ1) is 14.6. The molecule has 0 spiro atoms. The van der Waals surface area contributed by atoms with Crippen LogP contribution in [0.2, 0.25) is 0 Å². The van der Waals surface area contributed by atoms with Gasteiger partial charge in [0, 0.05) is 50.9 Å². The molecule has 0 aromatic heterocycles. The summed E-state index contributed by atoms with van der Waals surface area (Å²) in [6.45, 7) is 4.48. The Bertz CT molecular complexity index is 914. The van der Waals surface area contributed by atoms with Crippen LogP contribution in [0.5, 0.6) is 0 Å². The molecule has 166 valence electrons. The summed E-state index contributed by atoms with van der Waals surface area (Å²) in [4.78, 5) is 29.9. The highest BCUT2D eigenvalue weighted by atomic mass is 127. The third-order valence-corrected chi connectivity index (χ3v) is 4.99. The minimum atomic E-state index is -0.0686. The molecule has 31 heavy (non-hydrogen) atoms. The van der Waals surface area contributed by atoms with E-state index in [1.54, 1.807) is 13.1 Å². The Hall–Kier alpha value is -2.62. The maximum Gasteiger partial charge on any atom is 0.251 e. The van der Waals surface area contributed by atoms with E-state index < -0.39 is 0 Å². The Labute approximate surface area is 200 Å². The second-order valence-electron chi connectivity index (χ2n) is 7.15. The highest BCUT2D eigenvalue weighted by molar-refractivity contribution is 14.0. The van der Waals surface area contributed by atoms with Crippen LogP contribution in [0.15, 0.2) is 53.5 Å². The smallest absolute Gasteiger partial charge is 0.251 e. The van der Waals surface area contributed by atoms with Crippen molar-refractivity contribution in [1.82, 2.24) is 16.0 Å². The van der Waals surface area contributed by atoms with Gasteiger partial charge in [-0.2, -0.15) is 0 Å². The maximum absolute atomic E-state index is 12.0. The van der Waals surface area contributed by atoms with E-state index in [4.69, 9.17) is 0 Å². The Morgan fingerprint density at radius 3 is 2.35 bits per heavy atom. The van der Waals surface area contributed by atoms with Crippen LogP contribution in [0.3, 0.4) is 0 Å². The number of carbonyl (C=O) groups excluding carboxylic acids is 2. The third kappa shape index (κ3) is 6.95. The highest BCUT2D eigenvalue weighted by Crippen LogP contribution is 2.21. The van der Waals surface area contributed by atoms with E-state index in [9.17, 15) is 9.59 Å². The number of rotatable bonds is 7. The summed E-state index contributed by atoms with van der Waals surface area (Å²) in [5.41, 5.74) is 3.71. The molecule has 0 atom stereocenters. The predicted molar refractivity (Wildman–Crippen MR) is 135 cm³/mol. The fraction of sp³-hybridized carbons (Fsp3) is 0.348. The number of guanidine groups is 1. The number of nitrogens with one attached hydrogen (secondary N) is 3. The molecule has 1 aliphatic heterocycles. The second-order valence-corrected chi connectivity index (χ2v) is 7.15. The van der Waals surface area contributed by atoms with E-state index in [2.05, 4.69) is 20.9 Å². The van der Waals surface area contributed by atoms with Crippen molar-refractivity contribution >= 4 is 47.4 Å². The molecule has 8 heteroatoms. The standard InChI is InChI=1S/C23H29N5O2.HI/c1-3-25-22(30)19-7-4-6-18(14-19)16-27-23(24-2)26-15-17-9-11-20(12-10-17)28-13-5-8-21(28)29;/h4,6-7,9-12,14H,3,5,8,13,15-16H2,1-2H3,(H,25,30)(H2,24,26,27);1H. The van der Waals surface area contributed by atoms with E-state index in [-0.39, 0.29) is 35.8 Å². The zero-order valence-electron chi connectivity index (χ0n) is 18.0. The van der Waals surface area contributed by atoms with Crippen molar-refractivity contribution in [2.24, 2.45) is 4.99 Å². The summed E-state index contributed by atoms with van der Waals surface area (Å²) in [6, 6.07) is 15.6. The van der Waals surface area contributed by atoms with Gasteiger partial charge in [0.05, 0.1) is 0 Å². The van der Waals surface area contributed by atoms with Gasteiger partial charge in [0.25, 0.3) is 5.91 Å². The van der Waals surface area contributed by atoms with Crippen LogP contribution in [-0.4, -0.2) is 37.9 Å². The molecule has 0 radical (unpaired) electrons. The molecule has 2 amide bonds. The van der Waals surface area contributed by atoms with Crippen LogP contribution < -0.4 is 20.9 Å². The number of nitrogens with zero attached hydrogens (tertiary/aromatic N) is 2. The number of aliphatic imine (C=N–C) groups is 1. The average Bonchev–Trinajstić information content (AvgIpc) is 3.20. The van der Waals surface area contributed by atoms with Gasteiger partial charge in [-0.25, -0.2) is 0 Å². The first kappa shape index (κ1) is 24.6. The first-order valence-corrected chi connectivity index (χ1v) is 10.3. The monoisotopic (exact) mass is 535 g/mol. The molecular weight excluding hydrogens is 505 g/mol. The van der Waals surface area contributed by atoms with E-state index in [1.807, 2.05) is 54.3 Å². The van der Waals surface area contributed by atoms with E-state index >= 15 is 0 Å². The largest absolute Gasteiger partial charge is 0.352 e. The maximum atomic E-state index is 12.0. The van der Waals surface area contributed by atoms with Crippen molar-refractivity contribution in [3.8, 4) is 0 Å². The summed E-state index contributed by atoms with van der Waals surface area (Å²) in [5, 5.41) is 9.37. The quantitative estimate of drug-likeness (QED) is 0.289. The lowest BCUT2D eigenvalue weighted by atomic mass is 10.1. The molecule has 2 aromatic rings. The van der Waals surface area contributed by atoms with Gasteiger partial charge in [0.2, 0.25) is 5.91 Å². The number of halogens is 1. The topological polar surface area (TPSA) is 85.8 Å². The molecule has 0 unspecified atom stereocenters. The number of carbonyl (C=O) groups is 2. The number of amides is 2. The van der Waals surface area contributed by atoms with E-state index in [0.717, 1.165) is 29.8 Å². The molecule has 2 aromatic carbocycles. The molecule has 1 aliphatic rings. The Morgan fingerprint density at radius 1 is 1.03 bits per heavy atom. The van der Waals surface area contributed by atoms with Crippen LogP contribution in [0.4, 0.5) is 5.69 Å². The van der Waals surface area contributed by atoms with Crippen LogP contribution in [0.25, 0.3) is 0 Å². The van der Waals surface area contributed by atoms with Crippen LogP contribution in [0, 0.1) is 0 Å². The number of benzene rings is 2. The predicted octanol–water partition coefficient (Wildman–Crippen LogP) is 3.05. The van der Waals surface area contributed by atoms with Gasteiger partial charge in [-0.1, -0.05) is 24.3 Å². The fourth-order valence-electron chi connectivity index (χ4n) is 3.39. The molecule has 0 saturated carbocycles. The molecule has 1 saturated heterocycles. The lowest BCUT2D eigenvalue weighted by Gasteiger charge is -2.16. The van der Waals surface area contributed by atoms with Crippen LogP contribution in [0.1, 0.15) is 41.3 Å². The van der Waals surface area contributed by atoms with Crippen LogP contribution in [-0.2, 0) is 17.9 Å². The Morgan fingerprint density at radius 2 is 1.74 bits per heavy atom. The lowest BCUT2D eigenvalue weighted by molar-refractivity contribution is -0.117. The minimum Gasteiger partial charge on any atom is -0.352 e. The Balaban J connectivity index is 0.00000341. The second kappa shape index (κ2) is 12.3. The van der Waals surface area contributed by atoms with Crippen molar-refractivity contribution in [1.29, 1.82) is 0 Å². The molecule has 7 nitrogen and oxygen atoms in total. The summed E-state index contributed by atoms with van der Waals surface area (Å²) < 4.78 is 0. The first-order valence-electron chi connectivity index (χ1n) is 10.3. The van der Waals surface area contributed by atoms with Crippen molar-refractivity contribution in [3.63, 3.8) is 0 Å². The van der Waals surface area contributed by atoms with Gasteiger partial charge < -0.3 is 20.9 Å². The highest BCUT2D eigenvalue weighted by Gasteiger charge is 2.21. The number of hydrogen-bond donors (Lipinski definition) is 3. The number of hydrogen-bond acceptors (Lipinski definition) is 3. The molecule has 3 rings (SSSR count). The minimum absolute atomic E-state index is 0. The van der Waals surface area contributed by atoms with Gasteiger partial charge in [0.1, 0.15) is 0 Å². The van der Waals surface area contributed by atoms with Gasteiger partial charge >= 0.3 is 0 Å². The molecule has 1 fully saturated rings. The normalized spacial score (nSPS) is 13.5. The van der Waals surface area contributed by atoms with E-state index in [1.165, 1.54) is 0 Å². The SMILES string of the molecule is CCNC(=O)c1cccc(CNC(=NC)NCc2ccc(N3CCCC3=O)cc2)c1.I. The molecule has 1 heterocycles. The third-order valence-electron chi connectivity index (χ3n) is 4.99. The zero-order valence-corrected chi connectivity index (χ0v) is 20.3. The molecular formula is C23H30IN5O2. The van der Waals surface area contributed by atoms with Gasteiger partial charge in [0.15, 0.2) is 5.96 Å².